The third-order valence-electron chi connectivity index (χ3n) is 3.15. The third kappa shape index (κ3) is 3.23. The molecule has 0 aromatic heterocycles. The van der Waals surface area contributed by atoms with Crippen molar-refractivity contribution in [3.63, 3.8) is 0 Å². The zero-order valence-electron chi connectivity index (χ0n) is 9.22. The predicted molar refractivity (Wildman–Crippen MR) is 61.7 cm³/mol. The van der Waals surface area contributed by atoms with Crippen LogP contribution in [0.15, 0.2) is 0 Å². The van der Waals surface area contributed by atoms with Crippen LogP contribution in [0, 0.1) is 0 Å². The van der Waals surface area contributed by atoms with E-state index in [-0.39, 0.29) is 0 Å². The molecule has 1 aliphatic rings. The van der Waals surface area contributed by atoms with Crippen LogP contribution in [0.4, 0.5) is 0 Å². The summed E-state index contributed by atoms with van der Waals surface area (Å²) < 4.78 is 10.8. The molecule has 0 aromatic rings. The van der Waals surface area contributed by atoms with Crippen LogP contribution < -0.4 is 0 Å². The van der Waals surface area contributed by atoms with Crippen molar-refractivity contribution in [3.8, 4) is 0 Å². The van der Waals surface area contributed by atoms with Gasteiger partial charge in [0.15, 0.2) is 0 Å². The van der Waals surface area contributed by atoms with Gasteiger partial charge in [0, 0.05) is 19.8 Å². The smallest absolute Gasteiger partial charge is 0.386 e. The molecule has 1 fully saturated rings. The van der Waals surface area contributed by atoms with Crippen LogP contribution in [-0.4, -0.2) is 22.1 Å². The molecular weight excluding hydrogens is 216 g/mol. The summed E-state index contributed by atoms with van der Waals surface area (Å²) in [5.41, 5.74) is 0.472. The fourth-order valence-electron chi connectivity index (χ4n) is 2.22. The van der Waals surface area contributed by atoms with E-state index in [0.717, 1.165) is 0 Å². The summed E-state index contributed by atoms with van der Waals surface area (Å²) in [4.78, 5) is 0. The number of rotatable bonds is 3. The summed E-state index contributed by atoms with van der Waals surface area (Å²) in [5.74, 6) is 0. The highest BCUT2D eigenvalue weighted by molar-refractivity contribution is 7.13. The van der Waals surface area contributed by atoms with Crippen LogP contribution in [-0.2, 0) is 8.85 Å². The van der Waals surface area contributed by atoms with Crippen molar-refractivity contribution in [3.05, 3.63) is 0 Å². The Morgan fingerprint density at radius 2 is 1.36 bits per heavy atom. The maximum Gasteiger partial charge on any atom is 0.445 e. The second-order valence-corrected chi connectivity index (χ2v) is 8.41. The van der Waals surface area contributed by atoms with Gasteiger partial charge < -0.3 is 8.85 Å². The van der Waals surface area contributed by atoms with Crippen LogP contribution in [0.5, 0.6) is 0 Å². The van der Waals surface area contributed by atoms with E-state index < -0.39 is 7.87 Å². The number of halogens is 1. The minimum atomic E-state index is -2.38. The van der Waals surface area contributed by atoms with E-state index >= 15 is 0 Å². The van der Waals surface area contributed by atoms with Crippen LogP contribution in [0.1, 0.15) is 44.9 Å². The zero-order chi connectivity index (χ0) is 10.4. The molecule has 4 heteroatoms. The highest BCUT2D eigenvalue weighted by Gasteiger charge is 2.42. The Balaban J connectivity index is 2.53. The highest BCUT2D eigenvalue weighted by Crippen LogP contribution is 2.37. The summed E-state index contributed by atoms with van der Waals surface area (Å²) >= 11 is 6.41. The molecule has 84 valence electrons. The molecule has 0 aromatic carbocycles. The first kappa shape index (κ1) is 12.5. The van der Waals surface area contributed by atoms with Gasteiger partial charge in [-0.1, -0.05) is 43.2 Å². The van der Waals surface area contributed by atoms with Crippen LogP contribution in [0.25, 0.3) is 0 Å². The Morgan fingerprint density at radius 1 is 0.929 bits per heavy atom. The van der Waals surface area contributed by atoms with Crippen LogP contribution in [0.3, 0.4) is 0 Å². The van der Waals surface area contributed by atoms with Gasteiger partial charge in [0.1, 0.15) is 0 Å². The molecule has 0 heterocycles. The second-order valence-electron chi connectivity index (χ2n) is 4.03. The topological polar surface area (TPSA) is 18.5 Å². The summed E-state index contributed by atoms with van der Waals surface area (Å²) in [6.45, 7) is 0. The molecule has 0 N–H and O–H groups in total. The van der Waals surface area contributed by atoms with E-state index in [9.17, 15) is 0 Å². The van der Waals surface area contributed by atoms with E-state index in [1.807, 2.05) is 0 Å². The lowest BCUT2D eigenvalue weighted by Crippen LogP contribution is -2.39. The molecule has 0 aliphatic heterocycles. The highest BCUT2D eigenvalue weighted by atomic mass is 35.6. The van der Waals surface area contributed by atoms with E-state index in [1.165, 1.54) is 44.9 Å². The van der Waals surface area contributed by atoms with E-state index in [1.54, 1.807) is 14.2 Å². The largest absolute Gasteiger partial charge is 0.445 e. The molecule has 0 saturated heterocycles. The fourth-order valence-corrected chi connectivity index (χ4v) is 4.80. The maximum atomic E-state index is 6.41. The monoisotopic (exact) mass is 236 g/mol. The van der Waals surface area contributed by atoms with Crippen molar-refractivity contribution in [1.29, 1.82) is 0 Å². The molecular formula is C10H21ClO2Si. The minimum Gasteiger partial charge on any atom is -0.386 e. The van der Waals surface area contributed by atoms with Crippen molar-refractivity contribution in [2.45, 2.75) is 50.5 Å². The Hall–Kier alpha value is 0.427. The van der Waals surface area contributed by atoms with Crippen LogP contribution in [0.2, 0.25) is 5.54 Å². The molecule has 14 heavy (non-hydrogen) atoms. The Morgan fingerprint density at radius 3 is 1.79 bits per heavy atom. The SMILES string of the molecule is CO[Si](Cl)(OC)C1CCCCCCC1. The lowest BCUT2D eigenvalue weighted by Gasteiger charge is -2.30. The second kappa shape index (κ2) is 6.11. The number of hydrogen-bond acceptors (Lipinski definition) is 2. The molecule has 1 saturated carbocycles. The van der Waals surface area contributed by atoms with Gasteiger partial charge in [0.25, 0.3) is 0 Å². The minimum absolute atomic E-state index is 0.472. The molecule has 0 spiro atoms. The number of hydrogen-bond donors (Lipinski definition) is 0. The maximum absolute atomic E-state index is 6.41. The summed E-state index contributed by atoms with van der Waals surface area (Å²) in [6.07, 6.45) is 8.96. The molecule has 1 rings (SSSR count). The molecule has 0 amide bonds. The van der Waals surface area contributed by atoms with E-state index in [4.69, 9.17) is 19.9 Å². The molecule has 0 bridgehead atoms. The molecule has 0 unspecified atom stereocenters. The average molecular weight is 237 g/mol. The van der Waals surface area contributed by atoms with Gasteiger partial charge in [-0.25, -0.2) is 0 Å². The van der Waals surface area contributed by atoms with E-state index in [2.05, 4.69) is 0 Å². The van der Waals surface area contributed by atoms with Gasteiger partial charge in [-0.3, -0.25) is 0 Å². The molecule has 0 atom stereocenters. The Bertz CT molecular complexity index is 154. The predicted octanol–water partition coefficient (Wildman–Crippen LogP) is 3.57. The van der Waals surface area contributed by atoms with Gasteiger partial charge in [-0.15, -0.1) is 0 Å². The molecule has 0 radical (unpaired) electrons. The van der Waals surface area contributed by atoms with Crippen molar-refractivity contribution in [2.24, 2.45) is 0 Å². The summed E-state index contributed by atoms with van der Waals surface area (Å²) in [6, 6.07) is 0. The molecule has 2 nitrogen and oxygen atoms in total. The summed E-state index contributed by atoms with van der Waals surface area (Å²) in [5, 5.41) is 0. The molecule has 1 aliphatic carbocycles. The van der Waals surface area contributed by atoms with Gasteiger partial charge >= 0.3 is 7.87 Å². The Kier molecular flexibility index (Phi) is 5.45. The lowest BCUT2D eigenvalue weighted by atomic mass is 10.0. The van der Waals surface area contributed by atoms with Gasteiger partial charge in [0.2, 0.25) is 0 Å². The van der Waals surface area contributed by atoms with Gasteiger partial charge in [0.05, 0.1) is 0 Å². The lowest BCUT2D eigenvalue weighted by molar-refractivity contribution is 0.243. The van der Waals surface area contributed by atoms with Crippen LogP contribution >= 0.6 is 11.1 Å². The first-order valence-corrected chi connectivity index (χ1v) is 8.42. The fraction of sp³-hybridized carbons (Fsp3) is 1.00. The first-order chi connectivity index (χ1) is 6.73. The van der Waals surface area contributed by atoms with Crippen molar-refractivity contribution >= 4 is 18.9 Å². The third-order valence-corrected chi connectivity index (χ3v) is 7.67. The average Bonchev–Trinajstić information content (AvgIpc) is 2.16. The van der Waals surface area contributed by atoms with Crippen molar-refractivity contribution < 1.29 is 8.85 Å². The van der Waals surface area contributed by atoms with Gasteiger partial charge in [-0.05, 0) is 12.8 Å². The quantitative estimate of drug-likeness (QED) is 0.551. The zero-order valence-corrected chi connectivity index (χ0v) is 11.0. The van der Waals surface area contributed by atoms with Crippen molar-refractivity contribution in [1.82, 2.24) is 0 Å². The standard InChI is InChI=1S/C10H21ClO2Si/c1-12-14(11,13-2)10-8-6-4-3-5-7-9-10/h10H,3-9H2,1-2H3. The first-order valence-electron chi connectivity index (χ1n) is 5.52. The van der Waals surface area contributed by atoms with Crippen molar-refractivity contribution in [2.75, 3.05) is 14.2 Å². The summed E-state index contributed by atoms with van der Waals surface area (Å²) in [7, 11) is 0.985. The normalized spacial score (nSPS) is 21.6. The Labute approximate surface area is 92.9 Å². The van der Waals surface area contributed by atoms with Gasteiger partial charge in [-0.2, -0.15) is 0 Å². The van der Waals surface area contributed by atoms with E-state index in [0.29, 0.717) is 5.54 Å².